The molecule has 0 N–H and O–H groups in total. The van der Waals surface area contributed by atoms with Crippen LogP contribution in [0.5, 0.6) is 11.5 Å². The molecule has 1 aliphatic rings. The van der Waals surface area contributed by atoms with Crippen molar-refractivity contribution in [2.75, 3.05) is 6.61 Å². The van der Waals surface area contributed by atoms with Crippen LogP contribution in [-0.2, 0) is 4.79 Å². The average Bonchev–Trinajstić information content (AvgIpc) is 2.85. The molecule has 0 bridgehead atoms. The zero-order chi connectivity index (χ0) is 18.1. The molecule has 0 radical (unpaired) electrons. The van der Waals surface area contributed by atoms with Crippen molar-refractivity contribution >= 4 is 27.7 Å². The van der Waals surface area contributed by atoms with Crippen molar-refractivity contribution in [2.24, 2.45) is 0 Å². The number of Topliss-reactive ketones (excluding diaryl/α,β-unsaturated/α-hetero) is 1. The maximum atomic E-state index is 14.0. The van der Waals surface area contributed by atoms with Crippen molar-refractivity contribution < 1.29 is 23.5 Å². The van der Waals surface area contributed by atoms with Gasteiger partial charge in [0.05, 0.1) is 10.0 Å². The smallest absolute Gasteiger partial charge is 0.349 e. The van der Waals surface area contributed by atoms with E-state index in [4.69, 9.17) is 9.47 Å². The van der Waals surface area contributed by atoms with Gasteiger partial charge in [-0.3, -0.25) is 4.79 Å². The van der Waals surface area contributed by atoms with Crippen LogP contribution in [0.2, 0.25) is 0 Å². The Morgan fingerprint density at radius 1 is 1.28 bits per heavy atom. The lowest BCUT2D eigenvalue weighted by molar-refractivity contribution is -0.136. The number of benzene rings is 2. The Kier molecular flexibility index (Phi) is 4.90. The summed E-state index contributed by atoms with van der Waals surface area (Å²) in [6, 6.07) is 8.00. The highest BCUT2D eigenvalue weighted by atomic mass is 79.9. The molecule has 4 nitrogen and oxygen atoms in total. The Labute approximate surface area is 153 Å². The summed E-state index contributed by atoms with van der Waals surface area (Å²) in [6.45, 7) is 3.39. The molecule has 0 fully saturated rings. The largest absolute Gasteiger partial charge is 0.481 e. The Bertz CT molecular complexity index is 863. The second-order valence-electron chi connectivity index (χ2n) is 6.06. The van der Waals surface area contributed by atoms with E-state index < -0.39 is 11.8 Å². The first-order valence-electron chi connectivity index (χ1n) is 7.82. The first kappa shape index (κ1) is 17.6. The van der Waals surface area contributed by atoms with Gasteiger partial charge >= 0.3 is 5.97 Å². The van der Waals surface area contributed by atoms with E-state index >= 15 is 0 Å². The van der Waals surface area contributed by atoms with Crippen molar-refractivity contribution in [3.8, 4) is 11.5 Å². The number of hydrogen-bond donors (Lipinski definition) is 0. The summed E-state index contributed by atoms with van der Waals surface area (Å²) in [5, 5.41) is 0. The summed E-state index contributed by atoms with van der Waals surface area (Å²) in [4.78, 5) is 24.2. The number of rotatable bonds is 4. The molecular formula is C19H16BrFO4. The molecule has 2 aromatic rings. The van der Waals surface area contributed by atoms with E-state index in [-0.39, 0.29) is 36.0 Å². The van der Waals surface area contributed by atoms with Gasteiger partial charge in [0.2, 0.25) is 0 Å². The molecule has 0 aromatic heterocycles. The molecule has 0 amide bonds. The molecule has 3 rings (SSSR count). The summed E-state index contributed by atoms with van der Waals surface area (Å²) in [7, 11) is 0. The van der Waals surface area contributed by atoms with Crippen molar-refractivity contribution in [3.63, 3.8) is 0 Å². The first-order valence-corrected chi connectivity index (χ1v) is 8.61. The average molecular weight is 407 g/mol. The molecule has 1 aliphatic carbocycles. The van der Waals surface area contributed by atoms with Crippen molar-refractivity contribution in [1.29, 1.82) is 0 Å². The third kappa shape index (κ3) is 3.58. The van der Waals surface area contributed by atoms with Crippen LogP contribution in [0.25, 0.3) is 0 Å². The molecule has 25 heavy (non-hydrogen) atoms. The molecule has 0 heterocycles. The van der Waals surface area contributed by atoms with Gasteiger partial charge in [0.25, 0.3) is 0 Å². The van der Waals surface area contributed by atoms with Gasteiger partial charge < -0.3 is 9.47 Å². The Balaban J connectivity index is 1.73. The molecule has 0 aliphatic heterocycles. The number of esters is 1. The third-order valence-corrected chi connectivity index (χ3v) is 4.69. The molecule has 2 aromatic carbocycles. The van der Waals surface area contributed by atoms with E-state index in [1.807, 2.05) is 19.1 Å². The first-order chi connectivity index (χ1) is 11.9. The fraction of sp³-hybridized carbons (Fsp3) is 0.263. The van der Waals surface area contributed by atoms with E-state index in [9.17, 15) is 14.0 Å². The predicted molar refractivity (Wildman–Crippen MR) is 93.8 cm³/mol. The molecule has 0 spiro atoms. The highest BCUT2D eigenvalue weighted by molar-refractivity contribution is 9.10. The standard InChI is InChI=1S/C19H16BrFO4/c1-10-3-5-15(12(20)7-10)24-9-17(23)25-16-6-4-13(21)18-11(2)8-14(22)19(16)18/h3-7,11H,8-9H2,1-2H3. The monoisotopic (exact) mass is 406 g/mol. The molecule has 0 saturated carbocycles. The lowest BCUT2D eigenvalue weighted by atomic mass is 10.0. The fourth-order valence-corrected chi connectivity index (χ4v) is 3.53. The van der Waals surface area contributed by atoms with Gasteiger partial charge in [-0.25, -0.2) is 9.18 Å². The van der Waals surface area contributed by atoms with Gasteiger partial charge in [-0.1, -0.05) is 13.0 Å². The molecule has 1 unspecified atom stereocenters. The lowest BCUT2D eigenvalue weighted by Crippen LogP contribution is -2.19. The van der Waals surface area contributed by atoms with Gasteiger partial charge in [-0.15, -0.1) is 0 Å². The highest BCUT2D eigenvalue weighted by Gasteiger charge is 2.33. The van der Waals surface area contributed by atoms with E-state index in [0.29, 0.717) is 11.3 Å². The predicted octanol–water partition coefficient (Wildman–Crippen LogP) is 4.57. The fourth-order valence-electron chi connectivity index (χ4n) is 2.92. The van der Waals surface area contributed by atoms with E-state index in [0.717, 1.165) is 10.0 Å². The summed E-state index contributed by atoms with van der Waals surface area (Å²) >= 11 is 3.36. The second-order valence-corrected chi connectivity index (χ2v) is 6.91. The number of carbonyl (C=O) groups is 2. The number of carbonyl (C=O) groups excluding carboxylic acids is 2. The normalized spacial score (nSPS) is 15.8. The van der Waals surface area contributed by atoms with Gasteiger partial charge in [-0.05, 0) is 58.6 Å². The number of hydrogen-bond acceptors (Lipinski definition) is 4. The van der Waals surface area contributed by atoms with Crippen molar-refractivity contribution in [1.82, 2.24) is 0 Å². The van der Waals surface area contributed by atoms with E-state index in [1.54, 1.807) is 13.0 Å². The molecular weight excluding hydrogens is 391 g/mol. The number of ether oxygens (including phenoxy) is 2. The summed E-state index contributed by atoms with van der Waals surface area (Å²) < 4.78 is 25.4. The number of ketones is 1. The van der Waals surface area contributed by atoms with Gasteiger partial charge in [0.15, 0.2) is 12.4 Å². The quantitative estimate of drug-likeness (QED) is 0.551. The van der Waals surface area contributed by atoms with E-state index in [2.05, 4.69) is 15.9 Å². The van der Waals surface area contributed by atoms with Gasteiger partial charge in [0.1, 0.15) is 17.3 Å². The van der Waals surface area contributed by atoms with Crippen molar-refractivity contribution in [2.45, 2.75) is 26.2 Å². The Morgan fingerprint density at radius 3 is 2.72 bits per heavy atom. The zero-order valence-corrected chi connectivity index (χ0v) is 15.4. The molecule has 6 heteroatoms. The zero-order valence-electron chi connectivity index (χ0n) is 13.8. The van der Waals surface area contributed by atoms with Crippen LogP contribution >= 0.6 is 15.9 Å². The number of fused-ring (bicyclic) bond motifs is 1. The summed E-state index contributed by atoms with van der Waals surface area (Å²) in [5.74, 6) is -0.951. The van der Waals surface area contributed by atoms with Crippen LogP contribution in [0, 0.1) is 12.7 Å². The molecule has 130 valence electrons. The van der Waals surface area contributed by atoms with Crippen LogP contribution in [0.1, 0.15) is 40.7 Å². The maximum absolute atomic E-state index is 14.0. The van der Waals surface area contributed by atoms with Crippen LogP contribution in [0.15, 0.2) is 34.8 Å². The topological polar surface area (TPSA) is 52.6 Å². The van der Waals surface area contributed by atoms with Gasteiger partial charge in [0, 0.05) is 12.0 Å². The van der Waals surface area contributed by atoms with Gasteiger partial charge in [-0.2, -0.15) is 0 Å². The summed E-state index contributed by atoms with van der Waals surface area (Å²) in [6.07, 6.45) is 0.216. The van der Waals surface area contributed by atoms with Crippen LogP contribution in [-0.4, -0.2) is 18.4 Å². The molecule has 1 atom stereocenters. The number of aryl methyl sites for hydroxylation is 1. The highest BCUT2D eigenvalue weighted by Crippen LogP contribution is 2.39. The summed E-state index contributed by atoms with van der Waals surface area (Å²) in [5.41, 5.74) is 1.53. The van der Waals surface area contributed by atoms with Crippen LogP contribution < -0.4 is 9.47 Å². The van der Waals surface area contributed by atoms with Crippen molar-refractivity contribution in [3.05, 3.63) is 57.3 Å². The van der Waals surface area contributed by atoms with Crippen LogP contribution in [0.4, 0.5) is 4.39 Å². The molecule has 0 saturated heterocycles. The Hall–Kier alpha value is -2.21. The minimum Gasteiger partial charge on any atom is -0.481 e. The minimum absolute atomic E-state index is 0.0855. The minimum atomic E-state index is -0.659. The van der Waals surface area contributed by atoms with E-state index in [1.165, 1.54) is 12.1 Å². The third-order valence-electron chi connectivity index (χ3n) is 4.07. The maximum Gasteiger partial charge on any atom is 0.349 e. The van der Waals surface area contributed by atoms with Crippen LogP contribution in [0.3, 0.4) is 0 Å². The SMILES string of the molecule is Cc1ccc(OCC(=O)Oc2ccc(F)c3c2C(=O)CC3C)c(Br)c1. The Morgan fingerprint density at radius 2 is 2.00 bits per heavy atom. The number of halogens is 2. The second kappa shape index (κ2) is 6.96. The lowest BCUT2D eigenvalue weighted by Gasteiger charge is -2.12.